The highest BCUT2D eigenvalue weighted by atomic mass is 16.6. The third-order valence-electron chi connectivity index (χ3n) is 3.66. The molecule has 2 rings (SSSR count). The van der Waals surface area contributed by atoms with Gasteiger partial charge in [0.2, 0.25) is 0 Å². The molecule has 1 aliphatic rings. The molecule has 1 unspecified atom stereocenters. The zero-order valence-corrected chi connectivity index (χ0v) is 10.9. The Morgan fingerprint density at radius 1 is 1.22 bits per heavy atom. The van der Waals surface area contributed by atoms with E-state index < -0.39 is 0 Å². The van der Waals surface area contributed by atoms with Gasteiger partial charge in [-0.1, -0.05) is 37.5 Å². The molecule has 3 heteroatoms. The maximum Gasteiger partial charge on any atom is 0.412 e. The van der Waals surface area contributed by atoms with Gasteiger partial charge in [-0.15, -0.1) is 0 Å². The van der Waals surface area contributed by atoms with Crippen LogP contribution in [0.2, 0.25) is 0 Å². The van der Waals surface area contributed by atoms with E-state index in [0.29, 0.717) is 11.7 Å². The fraction of sp³-hybridized carbons (Fsp3) is 0.533. The standard InChI is InChI=1S/C15H21NO2/c1-12(13-8-4-2-5-9-13)16-15(17)18-14-10-6-3-7-11-14/h3,6-7,10-13H,2,4-5,8-9H2,1H3,(H,16,17). The van der Waals surface area contributed by atoms with E-state index in [2.05, 4.69) is 12.2 Å². The molecule has 1 N–H and O–H groups in total. The Hall–Kier alpha value is -1.51. The molecule has 0 heterocycles. The summed E-state index contributed by atoms with van der Waals surface area (Å²) >= 11 is 0. The number of para-hydroxylation sites is 1. The van der Waals surface area contributed by atoms with Crippen LogP contribution in [0.1, 0.15) is 39.0 Å². The van der Waals surface area contributed by atoms with E-state index in [1.165, 1.54) is 32.1 Å². The fourth-order valence-electron chi connectivity index (χ4n) is 2.56. The van der Waals surface area contributed by atoms with E-state index in [0.717, 1.165) is 0 Å². The number of amides is 1. The lowest BCUT2D eigenvalue weighted by Crippen LogP contribution is -2.40. The summed E-state index contributed by atoms with van der Waals surface area (Å²) in [7, 11) is 0. The quantitative estimate of drug-likeness (QED) is 0.883. The highest BCUT2D eigenvalue weighted by Crippen LogP contribution is 2.26. The molecular weight excluding hydrogens is 226 g/mol. The molecular formula is C15H21NO2. The van der Waals surface area contributed by atoms with Crippen molar-refractivity contribution in [2.75, 3.05) is 0 Å². The summed E-state index contributed by atoms with van der Waals surface area (Å²) in [5.74, 6) is 1.19. The number of carbonyl (C=O) groups is 1. The lowest BCUT2D eigenvalue weighted by molar-refractivity contribution is 0.187. The first kappa shape index (κ1) is 12.9. The van der Waals surface area contributed by atoms with Crippen LogP contribution in [0.3, 0.4) is 0 Å². The van der Waals surface area contributed by atoms with Gasteiger partial charge in [0.25, 0.3) is 0 Å². The first-order valence-electron chi connectivity index (χ1n) is 6.79. The lowest BCUT2D eigenvalue weighted by atomic mass is 9.85. The normalized spacial score (nSPS) is 18.1. The van der Waals surface area contributed by atoms with Gasteiger partial charge in [0.1, 0.15) is 5.75 Å². The first-order chi connectivity index (χ1) is 8.75. The smallest absolute Gasteiger partial charge is 0.410 e. The van der Waals surface area contributed by atoms with Crippen molar-refractivity contribution < 1.29 is 9.53 Å². The Kier molecular flexibility index (Phi) is 4.62. The van der Waals surface area contributed by atoms with Crippen molar-refractivity contribution in [3.8, 4) is 5.75 Å². The fourth-order valence-corrected chi connectivity index (χ4v) is 2.56. The molecule has 0 aliphatic heterocycles. The number of benzene rings is 1. The maximum atomic E-state index is 11.7. The molecule has 1 aromatic rings. The average molecular weight is 247 g/mol. The highest BCUT2D eigenvalue weighted by Gasteiger charge is 2.21. The van der Waals surface area contributed by atoms with Gasteiger partial charge in [0.15, 0.2) is 0 Å². The predicted molar refractivity (Wildman–Crippen MR) is 71.6 cm³/mol. The summed E-state index contributed by atoms with van der Waals surface area (Å²) in [5, 5.41) is 2.94. The number of nitrogens with one attached hydrogen (secondary N) is 1. The molecule has 3 nitrogen and oxygen atoms in total. The lowest BCUT2D eigenvalue weighted by Gasteiger charge is -2.27. The van der Waals surface area contributed by atoms with Gasteiger partial charge in [-0.25, -0.2) is 4.79 Å². The Morgan fingerprint density at radius 2 is 1.89 bits per heavy atom. The van der Waals surface area contributed by atoms with Crippen molar-refractivity contribution in [1.29, 1.82) is 0 Å². The Morgan fingerprint density at radius 3 is 2.56 bits per heavy atom. The molecule has 18 heavy (non-hydrogen) atoms. The number of ether oxygens (including phenoxy) is 1. The van der Waals surface area contributed by atoms with Crippen LogP contribution < -0.4 is 10.1 Å². The van der Waals surface area contributed by atoms with Crippen LogP contribution in [-0.4, -0.2) is 12.1 Å². The number of hydrogen-bond donors (Lipinski definition) is 1. The van der Waals surface area contributed by atoms with Gasteiger partial charge in [-0.05, 0) is 37.8 Å². The largest absolute Gasteiger partial charge is 0.412 e. The second-order valence-electron chi connectivity index (χ2n) is 5.03. The SMILES string of the molecule is CC(NC(=O)Oc1ccccc1)C1CCCCC1. The molecule has 1 fully saturated rings. The van der Waals surface area contributed by atoms with Gasteiger partial charge < -0.3 is 10.1 Å². The van der Waals surface area contributed by atoms with Gasteiger partial charge >= 0.3 is 6.09 Å². The van der Waals surface area contributed by atoms with Crippen LogP contribution in [0, 0.1) is 5.92 Å². The summed E-state index contributed by atoms with van der Waals surface area (Å²) in [6, 6.07) is 9.37. The molecule has 0 aromatic heterocycles. The molecule has 1 atom stereocenters. The second kappa shape index (κ2) is 6.43. The molecule has 0 spiro atoms. The minimum atomic E-state index is -0.348. The van der Waals surface area contributed by atoms with Crippen LogP contribution in [0.25, 0.3) is 0 Å². The summed E-state index contributed by atoms with van der Waals surface area (Å²) in [5.41, 5.74) is 0. The zero-order chi connectivity index (χ0) is 12.8. The van der Waals surface area contributed by atoms with Crippen LogP contribution in [-0.2, 0) is 0 Å². The van der Waals surface area contributed by atoms with Gasteiger partial charge in [-0.2, -0.15) is 0 Å². The zero-order valence-electron chi connectivity index (χ0n) is 10.9. The van der Waals surface area contributed by atoms with Crippen molar-refractivity contribution in [2.45, 2.75) is 45.1 Å². The van der Waals surface area contributed by atoms with Crippen molar-refractivity contribution in [2.24, 2.45) is 5.92 Å². The molecule has 1 saturated carbocycles. The van der Waals surface area contributed by atoms with Gasteiger partial charge in [-0.3, -0.25) is 0 Å². The number of hydrogen-bond acceptors (Lipinski definition) is 2. The summed E-state index contributed by atoms with van der Waals surface area (Å²) < 4.78 is 5.23. The van der Waals surface area contributed by atoms with Crippen molar-refractivity contribution in [1.82, 2.24) is 5.32 Å². The van der Waals surface area contributed by atoms with Crippen molar-refractivity contribution in [3.63, 3.8) is 0 Å². The Bertz CT molecular complexity index is 371. The van der Waals surface area contributed by atoms with E-state index in [4.69, 9.17) is 4.74 Å². The van der Waals surface area contributed by atoms with E-state index in [9.17, 15) is 4.79 Å². The minimum absolute atomic E-state index is 0.196. The molecule has 0 radical (unpaired) electrons. The Balaban J connectivity index is 1.79. The molecule has 98 valence electrons. The first-order valence-corrected chi connectivity index (χ1v) is 6.79. The molecule has 1 aromatic carbocycles. The van der Waals surface area contributed by atoms with Crippen molar-refractivity contribution in [3.05, 3.63) is 30.3 Å². The number of rotatable bonds is 3. The van der Waals surface area contributed by atoms with E-state index in [-0.39, 0.29) is 12.1 Å². The predicted octanol–water partition coefficient (Wildman–Crippen LogP) is 3.74. The van der Waals surface area contributed by atoms with E-state index in [1.54, 1.807) is 12.1 Å². The van der Waals surface area contributed by atoms with Crippen LogP contribution in [0.15, 0.2) is 30.3 Å². The van der Waals surface area contributed by atoms with Crippen LogP contribution in [0.4, 0.5) is 4.79 Å². The summed E-state index contributed by atoms with van der Waals surface area (Å²) in [6.45, 7) is 2.07. The van der Waals surface area contributed by atoms with Gasteiger partial charge in [0, 0.05) is 6.04 Å². The third kappa shape index (κ3) is 3.76. The summed E-state index contributed by atoms with van der Waals surface area (Å²) in [4.78, 5) is 11.7. The van der Waals surface area contributed by atoms with Gasteiger partial charge in [0.05, 0.1) is 0 Å². The van der Waals surface area contributed by atoms with E-state index in [1.807, 2.05) is 18.2 Å². The van der Waals surface area contributed by atoms with Crippen molar-refractivity contribution >= 4 is 6.09 Å². The average Bonchev–Trinajstić information content (AvgIpc) is 2.40. The van der Waals surface area contributed by atoms with Crippen LogP contribution >= 0.6 is 0 Å². The molecule has 0 bridgehead atoms. The van der Waals surface area contributed by atoms with Crippen LogP contribution in [0.5, 0.6) is 5.75 Å². The minimum Gasteiger partial charge on any atom is -0.410 e. The topological polar surface area (TPSA) is 38.3 Å². The molecule has 0 saturated heterocycles. The summed E-state index contributed by atoms with van der Waals surface area (Å²) in [6.07, 6.45) is 5.98. The highest BCUT2D eigenvalue weighted by molar-refractivity contribution is 5.70. The molecule has 1 amide bonds. The van der Waals surface area contributed by atoms with E-state index >= 15 is 0 Å². The third-order valence-corrected chi connectivity index (χ3v) is 3.66. The number of carbonyl (C=O) groups excluding carboxylic acids is 1. The maximum absolute atomic E-state index is 11.7. The Labute approximate surface area is 109 Å². The second-order valence-corrected chi connectivity index (χ2v) is 5.03. The molecule has 1 aliphatic carbocycles. The monoisotopic (exact) mass is 247 g/mol.